The van der Waals surface area contributed by atoms with Gasteiger partial charge in [-0.1, -0.05) is 38.2 Å². The van der Waals surface area contributed by atoms with Crippen LogP contribution < -0.4 is 4.74 Å². The minimum Gasteiger partial charge on any atom is -0.494 e. The van der Waals surface area contributed by atoms with Gasteiger partial charge in [-0.3, -0.25) is 0 Å². The van der Waals surface area contributed by atoms with E-state index in [9.17, 15) is 0 Å². The van der Waals surface area contributed by atoms with Gasteiger partial charge in [-0.2, -0.15) is 0 Å². The second kappa shape index (κ2) is 8.89. The summed E-state index contributed by atoms with van der Waals surface area (Å²) in [6.07, 6.45) is 6.73. The minimum absolute atomic E-state index is 0.790. The molecule has 2 aromatic rings. The second-order valence-corrected chi connectivity index (χ2v) is 5.40. The van der Waals surface area contributed by atoms with E-state index < -0.39 is 0 Å². The van der Waals surface area contributed by atoms with E-state index in [1.54, 1.807) is 0 Å². The molecule has 0 saturated heterocycles. The molecule has 0 aliphatic heterocycles. The minimum atomic E-state index is 0.790. The molecule has 2 nitrogen and oxygen atoms in total. The summed E-state index contributed by atoms with van der Waals surface area (Å²) in [4.78, 5) is 4.28. The summed E-state index contributed by atoms with van der Waals surface area (Å²) in [5, 5.41) is 0. The molecule has 0 saturated carbocycles. The van der Waals surface area contributed by atoms with Crippen molar-refractivity contribution in [2.45, 2.75) is 39.5 Å². The Labute approximate surface area is 133 Å². The van der Waals surface area contributed by atoms with E-state index in [0.29, 0.717) is 0 Å². The van der Waals surface area contributed by atoms with Crippen molar-refractivity contribution in [3.63, 3.8) is 0 Å². The quantitative estimate of drug-likeness (QED) is 0.566. The van der Waals surface area contributed by atoms with Crippen LogP contribution in [-0.2, 0) is 0 Å². The number of ether oxygens (including phenoxy) is 1. The highest BCUT2D eigenvalue weighted by atomic mass is 16.5. The molecule has 1 heterocycles. The number of benzene rings is 1. The summed E-state index contributed by atoms with van der Waals surface area (Å²) >= 11 is 0. The molecule has 0 fully saturated rings. The summed E-state index contributed by atoms with van der Waals surface area (Å²) in [5.74, 6) is 7.11. The largest absolute Gasteiger partial charge is 0.494 e. The topological polar surface area (TPSA) is 22.1 Å². The Balaban J connectivity index is 1.85. The van der Waals surface area contributed by atoms with Gasteiger partial charge in [0.05, 0.1) is 6.61 Å². The molecule has 1 aromatic carbocycles. The van der Waals surface area contributed by atoms with Crippen molar-refractivity contribution in [2.24, 2.45) is 0 Å². The predicted octanol–water partition coefficient (Wildman–Crippen LogP) is 4.75. The fraction of sp³-hybridized carbons (Fsp3) is 0.350. The number of hydrogen-bond acceptors (Lipinski definition) is 2. The smallest absolute Gasteiger partial charge is 0.119 e. The Hall–Kier alpha value is -2.27. The van der Waals surface area contributed by atoms with Gasteiger partial charge in [0.25, 0.3) is 0 Å². The van der Waals surface area contributed by atoms with Crippen molar-refractivity contribution < 1.29 is 4.74 Å². The van der Waals surface area contributed by atoms with Gasteiger partial charge >= 0.3 is 0 Å². The van der Waals surface area contributed by atoms with Crippen LogP contribution in [0.25, 0.3) is 0 Å². The number of aryl methyl sites for hydroxylation is 1. The number of pyridine rings is 1. The van der Waals surface area contributed by atoms with Crippen LogP contribution in [0.15, 0.2) is 42.6 Å². The molecule has 1 aromatic heterocycles. The lowest BCUT2D eigenvalue weighted by Crippen LogP contribution is -1.96. The van der Waals surface area contributed by atoms with Gasteiger partial charge < -0.3 is 4.74 Å². The third-order valence-corrected chi connectivity index (χ3v) is 3.37. The molecule has 0 spiro atoms. The Kier molecular flexibility index (Phi) is 6.51. The van der Waals surface area contributed by atoms with Crippen LogP contribution in [0.1, 0.15) is 49.4 Å². The summed E-state index contributed by atoms with van der Waals surface area (Å²) in [6.45, 7) is 5.02. The first-order valence-electron chi connectivity index (χ1n) is 7.95. The van der Waals surface area contributed by atoms with Crippen molar-refractivity contribution in [3.8, 4) is 17.6 Å². The lowest BCUT2D eigenvalue weighted by Gasteiger charge is -2.05. The predicted molar refractivity (Wildman–Crippen MR) is 91.0 cm³/mol. The molecule has 0 atom stereocenters. The molecule has 0 amide bonds. The first kappa shape index (κ1) is 16.1. The summed E-state index contributed by atoms with van der Waals surface area (Å²) in [5.41, 5.74) is 2.91. The van der Waals surface area contributed by atoms with Crippen LogP contribution in [0.4, 0.5) is 0 Å². The maximum absolute atomic E-state index is 5.72. The zero-order chi connectivity index (χ0) is 15.6. The zero-order valence-corrected chi connectivity index (χ0v) is 13.4. The molecule has 0 bridgehead atoms. The number of unbranched alkanes of at least 4 members (excludes halogenated alkanes) is 3. The van der Waals surface area contributed by atoms with Gasteiger partial charge in [-0.05, 0) is 55.2 Å². The monoisotopic (exact) mass is 293 g/mol. The highest BCUT2D eigenvalue weighted by Gasteiger charge is 1.94. The molecule has 0 radical (unpaired) electrons. The third kappa shape index (κ3) is 5.61. The Morgan fingerprint density at radius 2 is 1.77 bits per heavy atom. The maximum atomic E-state index is 5.72. The molecular weight excluding hydrogens is 270 g/mol. The van der Waals surface area contributed by atoms with Gasteiger partial charge in [-0.15, -0.1) is 0 Å². The standard InChI is InChI=1S/C20H23NO/c1-3-4-5-6-15-22-20-13-9-18(10-14-20)8-12-19-11-7-17(2)16-21-19/h7,9-11,13-14,16H,3-6,15H2,1-2H3. The van der Waals surface area contributed by atoms with Gasteiger partial charge in [0.2, 0.25) is 0 Å². The van der Waals surface area contributed by atoms with E-state index in [0.717, 1.165) is 35.6 Å². The van der Waals surface area contributed by atoms with Crippen molar-refractivity contribution in [3.05, 3.63) is 59.4 Å². The van der Waals surface area contributed by atoms with Crippen LogP contribution in [0.2, 0.25) is 0 Å². The van der Waals surface area contributed by atoms with Crippen LogP contribution >= 0.6 is 0 Å². The molecule has 0 aliphatic carbocycles. The SMILES string of the molecule is CCCCCCOc1ccc(C#Cc2ccc(C)cn2)cc1. The average Bonchev–Trinajstić information content (AvgIpc) is 2.55. The van der Waals surface area contributed by atoms with E-state index in [1.807, 2.05) is 49.5 Å². The lowest BCUT2D eigenvalue weighted by molar-refractivity contribution is 0.305. The number of rotatable bonds is 6. The zero-order valence-electron chi connectivity index (χ0n) is 13.4. The highest BCUT2D eigenvalue weighted by Crippen LogP contribution is 2.12. The van der Waals surface area contributed by atoms with Crippen LogP contribution in [0.5, 0.6) is 5.75 Å². The van der Waals surface area contributed by atoms with E-state index in [2.05, 4.69) is 23.7 Å². The van der Waals surface area contributed by atoms with Gasteiger partial charge in [0.1, 0.15) is 11.4 Å². The van der Waals surface area contributed by atoms with Crippen LogP contribution in [0, 0.1) is 18.8 Å². The van der Waals surface area contributed by atoms with Crippen molar-refractivity contribution in [1.29, 1.82) is 0 Å². The number of nitrogens with zero attached hydrogens (tertiary/aromatic N) is 1. The Bertz CT molecular complexity index is 617. The molecule has 0 N–H and O–H groups in total. The van der Waals surface area contributed by atoms with Crippen molar-refractivity contribution in [2.75, 3.05) is 6.61 Å². The van der Waals surface area contributed by atoms with E-state index >= 15 is 0 Å². The van der Waals surface area contributed by atoms with Gasteiger partial charge in [-0.25, -0.2) is 4.98 Å². The van der Waals surface area contributed by atoms with E-state index in [-0.39, 0.29) is 0 Å². The third-order valence-electron chi connectivity index (χ3n) is 3.37. The first-order valence-corrected chi connectivity index (χ1v) is 7.95. The molecular formula is C20H23NO. The molecule has 0 aliphatic rings. The first-order chi connectivity index (χ1) is 10.8. The summed E-state index contributed by atoms with van der Waals surface area (Å²) < 4.78 is 5.72. The van der Waals surface area contributed by atoms with Crippen molar-refractivity contribution in [1.82, 2.24) is 4.98 Å². The average molecular weight is 293 g/mol. The van der Waals surface area contributed by atoms with E-state index in [4.69, 9.17) is 4.74 Å². The van der Waals surface area contributed by atoms with E-state index in [1.165, 1.54) is 19.3 Å². The Morgan fingerprint density at radius 3 is 2.45 bits per heavy atom. The van der Waals surface area contributed by atoms with Crippen LogP contribution in [0.3, 0.4) is 0 Å². The number of hydrogen-bond donors (Lipinski definition) is 0. The fourth-order valence-corrected chi connectivity index (χ4v) is 2.03. The normalized spacial score (nSPS) is 9.91. The lowest BCUT2D eigenvalue weighted by atomic mass is 10.2. The molecule has 22 heavy (non-hydrogen) atoms. The summed E-state index contributed by atoms with van der Waals surface area (Å²) in [7, 11) is 0. The fourth-order valence-electron chi connectivity index (χ4n) is 2.03. The second-order valence-electron chi connectivity index (χ2n) is 5.40. The van der Waals surface area contributed by atoms with Gasteiger partial charge in [0.15, 0.2) is 0 Å². The molecule has 0 unspecified atom stereocenters. The molecule has 2 heteroatoms. The molecule has 114 valence electrons. The number of aromatic nitrogens is 1. The molecule has 2 rings (SSSR count). The highest BCUT2D eigenvalue weighted by molar-refractivity contribution is 5.42. The van der Waals surface area contributed by atoms with Crippen LogP contribution in [-0.4, -0.2) is 11.6 Å². The van der Waals surface area contributed by atoms with Crippen molar-refractivity contribution >= 4 is 0 Å². The maximum Gasteiger partial charge on any atom is 0.119 e. The Morgan fingerprint density at radius 1 is 0.955 bits per heavy atom. The summed E-state index contributed by atoms with van der Waals surface area (Å²) in [6, 6.07) is 11.9. The van der Waals surface area contributed by atoms with Gasteiger partial charge in [0, 0.05) is 11.8 Å².